The molecule has 0 unspecified atom stereocenters. The maximum absolute atomic E-state index is 13.5. The number of ether oxygens (including phenoxy) is 1. The molecule has 1 fully saturated rings. The Morgan fingerprint density at radius 3 is 2.31 bits per heavy atom. The Morgan fingerprint density at radius 1 is 0.943 bits per heavy atom. The van der Waals surface area contributed by atoms with Crippen LogP contribution in [0.1, 0.15) is 36.0 Å². The van der Waals surface area contributed by atoms with E-state index in [1.807, 2.05) is 29.2 Å². The predicted molar refractivity (Wildman–Crippen MR) is 132 cm³/mol. The van der Waals surface area contributed by atoms with Gasteiger partial charge in [-0.1, -0.05) is 12.1 Å². The van der Waals surface area contributed by atoms with Gasteiger partial charge in [0.1, 0.15) is 5.75 Å². The van der Waals surface area contributed by atoms with Crippen LogP contribution in [0.25, 0.3) is 0 Å². The van der Waals surface area contributed by atoms with Crippen LogP contribution in [0.5, 0.6) is 5.75 Å². The van der Waals surface area contributed by atoms with Crippen molar-refractivity contribution in [2.75, 3.05) is 44.7 Å². The average Bonchev–Trinajstić information content (AvgIpc) is 2.89. The zero-order chi connectivity index (χ0) is 24.6. The lowest BCUT2D eigenvalue weighted by Crippen LogP contribution is -2.50. The molecule has 0 spiro atoms. The van der Waals surface area contributed by atoms with E-state index >= 15 is 0 Å². The van der Waals surface area contributed by atoms with Crippen molar-refractivity contribution < 1.29 is 22.7 Å². The topological polar surface area (TPSA) is 87.2 Å². The number of anilines is 1. The minimum Gasteiger partial charge on any atom is -0.497 e. The number of carbonyl (C=O) groups is 2. The second-order valence-corrected chi connectivity index (χ2v) is 11.3. The second kappa shape index (κ2) is 9.62. The summed E-state index contributed by atoms with van der Waals surface area (Å²) in [5.41, 5.74) is 3.90. The second-order valence-electron chi connectivity index (χ2n) is 9.37. The lowest BCUT2D eigenvalue weighted by molar-refractivity contribution is -0.132. The minimum atomic E-state index is -3.67. The van der Waals surface area contributed by atoms with E-state index in [0.29, 0.717) is 50.2 Å². The van der Waals surface area contributed by atoms with E-state index in [-0.39, 0.29) is 24.9 Å². The Balaban J connectivity index is 1.23. The molecular formula is C26H31N3O5S. The largest absolute Gasteiger partial charge is 0.497 e. The summed E-state index contributed by atoms with van der Waals surface area (Å²) < 4.78 is 33.6. The summed E-state index contributed by atoms with van der Waals surface area (Å²) in [4.78, 5) is 28.9. The van der Waals surface area contributed by atoms with E-state index in [0.717, 1.165) is 41.0 Å². The summed E-state index contributed by atoms with van der Waals surface area (Å²) in [7, 11) is -2.04. The highest BCUT2D eigenvalue weighted by molar-refractivity contribution is 7.89. The molecule has 3 aliphatic heterocycles. The number of hydrogen-bond donors (Lipinski definition) is 0. The van der Waals surface area contributed by atoms with Gasteiger partial charge in [0.15, 0.2) is 0 Å². The highest BCUT2D eigenvalue weighted by atomic mass is 32.2. The van der Waals surface area contributed by atoms with Crippen LogP contribution in [0, 0.1) is 0 Å². The minimum absolute atomic E-state index is 0.0424. The molecule has 1 saturated heterocycles. The van der Waals surface area contributed by atoms with Crippen LogP contribution >= 0.6 is 0 Å². The molecule has 0 atom stereocenters. The van der Waals surface area contributed by atoms with Gasteiger partial charge < -0.3 is 14.5 Å². The van der Waals surface area contributed by atoms with Crippen LogP contribution in [0.15, 0.2) is 41.3 Å². The van der Waals surface area contributed by atoms with Crippen molar-refractivity contribution in [2.24, 2.45) is 0 Å². The number of hydrogen-bond acceptors (Lipinski definition) is 5. The number of carbonyl (C=O) groups excluding carboxylic acids is 2. The Kier molecular flexibility index (Phi) is 6.55. The van der Waals surface area contributed by atoms with Gasteiger partial charge >= 0.3 is 0 Å². The zero-order valence-electron chi connectivity index (χ0n) is 20.0. The maximum atomic E-state index is 13.5. The summed E-state index contributed by atoms with van der Waals surface area (Å²) in [6, 6.07) is 11.2. The van der Waals surface area contributed by atoms with E-state index in [2.05, 4.69) is 0 Å². The number of sulfonamides is 1. The summed E-state index contributed by atoms with van der Waals surface area (Å²) in [5.74, 6) is 0.953. The third kappa shape index (κ3) is 4.67. The van der Waals surface area contributed by atoms with E-state index in [1.165, 1.54) is 4.31 Å². The molecule has 2 amide bonds. The third-order valence-corrected chi connectivity index (χ3v) is 9.14. The van der Waals surface area contributed by atoms with E-state index in [1.54, 1.807) is 24.1 Å². The van der Waals surface area contributed by atoms with Crippen molar-refractivity contribution >= 4 is 27.5 Å². The standard InChI is InChI=1S/C26H31N3O5S/c1-34-22-8-4-19(5-9-22)6-10-24(30)27-13-15-28(16-14-27)35(32,33)23-17-20-3-2-12-29-25(31)11-7-21(18-23)26(20)29/h4-5,8-9,17-18H,2-3,6-7,10-16H2,1H3. The van der Waals surface area contributed by atoms with Crippen molar-refractivity contribution in [3.8, 4) is 5.75 Å². The number of nitrogens with zero attached hydrogens (tertiary/aromatic N) is 3. The van der Waals surface area contributed by atoms with Gasteiger partial charge in [0, 0.05) is 45.6 Å². The van der Waals surface area contributed by atoms with Crippen molar-refractivity contribution in [3.63, 3.8) is 0 Å². The lowest BCUT2D eigenvalue weighted by Gasteiger charge is -2.37. The van der Waals surface area contributed by atoms with Gasteiger partial charge in [-0.2, -0.15) is 4.31 Å². The molecule has 0 bridgehead atoms. The van der Waals surface area contributed by atoms with Crippen LogP contribution in [-0.4, -0.2) is 69.3 Å². The fourth-order valence-electron chi connectivity index (χ4n) is 5.30. The number of amides is 2. The van der Waals surface area contributed by atoms with E-state index < -0.39 is 10.0 Å². The van der Waals surface area contributed by atoms with Crippen LogP contribution < -0.4 is 9.64 Å². The van der Waals surface area contributed by atoms with E-state index in [4.69, 9.17) is 4.74 Å². The van der Waals surface area contributed by atoms with Gasteiger partial charge in [0.25, 0.3) is 0 Å². The van der Waals surface area contributed by atoms with Crippen LogP contribution in [0.3, 0.4) is 0 Å². The molecule has 0 aromatic heterocycles. The highest BCUT2D eigenvalue weighted by Crippen LogP contribution is 2.38. The van der Waals surface area contributed by atoms with Crippen molar-refractivity contribution in [2.45, 2.75) is 43.4 Å². The molecule has 186 valence electrons. The fourth-order valence-corrected chi connectivity index (χ4v) is 6.82. The SMILES string of the molecule is COc1ccc(CCC(=O)N2CCN(S(=O)(=O)c3cc4c5c(c3)CCC(=O)N5CCC4)CC2)cc1. The zero-order valence-corrected chi connectivity index (χ0v) is 20.8. The Labute approximate surface area is 206 Å². The van der Waals surface area contributed by atoms with Gasteiger partial charge in [-0.05, 0) is 66.6 Å². The fraction of sp³-hybridized carbons (Fsp3) is 0.462. The van der Waals surface area contributed by atoms with Gasteiger partial charge in [-0.25, -0.2) is 8.42 Å². The highest BCUT2D eigenvalue weighted by Gasteiger charge is 2.34. The molecule has 0 N–H and O–H groups in total. The summed E-state index contributed by atoms with van der Waals surface area (Å²) in [6.07, 6.45) is 3.66. The Bertz CT molecular complexity index is 1220. The normalized spacial score (nSPS) is 18.4. The van der Waals surface area contributed by atoms with E-state index in [9.17, 15) is 18.0 Å². The Morgan fingerprint density at radius 2 is 1.63 bits per heavy atom. The molecule has 3 heterocycles. The number of piperazine rings is 1. The lowest BCUT2D eigenvalue weighted by atomic mass is 9.92. The van der Waals surface area contributed by atoms with Gasteiger partial charge in [-0.3, -0.25) is 9.59 Å². The molecule has 3 aliphatic rings. The van der Waals surface area contributed by atoms with Crippen LogP contribution in [0.4, 0.5) is 5.69 Å². The third-order valence-electron chi connectivity index (χ3n) is 7.26. The van der Waals surface area contributed by atoms with Crippen molar-refractivity contribution in [1.29, 1.82) is 0 Å². The molecule has 0 saturated carbocycles. The molecule has 2 aromatic rings. The number of methoxy groups -OCH3 is 1. The first-order valence-electron chi connectivity index (χ1n) is 12.2. The monoisotopic (exact) mass is 497 g/mol. The smallest absolute Gasteiger partial charge is 0.243 e. The summed E-state index contributed by atoms with van der Waals surface area (Å²) >= 11 is 0. The van der Waals surface area contributed by atoms with Crippen molar-refractivity contribution in [3.05, 3.63) is 53.1 Å². The first kappa shape index (κ1) is 23.8. The molecular weight excluding hydrogens is 466 g/mol. The molecule has 0 radical (unpaired) electrons. The molecule has 0 aliphatic carbocycles. The average molecular weight is 498 g/mol. The van der Waals surface area contributed by atoms with Crippen LogP contribution in [-0.2, 0) is 38.9 Å². The summed E-state index contributed by atoms with van der Waals surface area (Å²) in [5, 5.41) is 0. The molecule has 35 heavy (non-hydrogen) atoms. The van der Waals surface area contributed by atoms with Gasteiger partial charge in [0.05, 0.1) is 17.7 Å². The number of rotatable bonds is 6. The summed E-state index contributed by atoms with van der Waals surface area (Å²) in [6.45, 7) is 2.06. The maximum Gasteiger partial charge on any atom is 0.243 e. The van der Waals surface area contributed by atoms with Gasteiger partial charge in [0.2, 0.25) is 21.8 Å². The van der Waals surface area contributed by atoms with Gasteiger partial charge in [-0.15, -0.1) is 0 Å². The number of aryl methyl sites for hydroxylation is 3. The quantitative estimate of drug-likeness (QED) is 0.612. The molecule has 2 aromatic carbocycles. The molecule has 5 rings (SSSR count). The van der Waals surface area contributed by atoms with Crippen LogP contribution in [0.2, 0.25) is 0 Å². The first-order valence-corrected chi connectivity index (χ1v) is 13.7. The van der Waals surface area contributed by atoms with Crippen molar-refractivity contribution in [1.82, 2.24) is 9.21 Å². The predicted octanol–water partition coefficient (Wildman–Crippen LogP) is 2.39. The Hall–Kier alpha value is -2.91. The number of benzene rings is 2. The first-order chi connectivity index (χ1) is 16.9. The molecule has 9 heteroatoms. The molecule has 8 nitrogen and oxygen atoms in total.